The Morgan fingerprint density at radius 1 is 1.00 bits per heavy atom. The summed E-state index contributed by atoms with van der Waals surface area (Å²) in [6.45, 7) is 0. The van der Waals surface area contributed by atoms with Gasteiger partial charge in [0.25, 0.3) is 0 Å². The zero-order valence-corrected chi connectivity index (χ0v) is 15.1. The first-order valence-corrected chi connectivity index (χ1v) is 9.22. The Morgan fingerprint density at radius 3 is 2.73 bits per heavy atom. The van der Waals surface area contributed by atoms with E-state index < -0.39 is 0 Å². The van der Waals surface area contributed by atoms with E-state index in [1.54, 1.807) is 12.3 Å². The van der Waals surface area contributed by atoms with E-state index in [0.29, 0.717) is 23.8 Å². The number of benzene rings is 2. The van der Waals surface area contributed by atoms with Crippen LogP contribution in [-0.4, -0.2) is 16.0 Å². The Morgan fingerprint density at radius 2 is 1.88 bits per heavy atom. The van der Waals surface area contributed by atoms with Crippen molar-refractivity contribution in [3.05, 3.63) is 77.4 Å². The van der Waals surface area contributed by atoms with E-state index in [2.05, 4.69) is 27.4 Å². The number of hydrogen-bond donors (Lipinski definition) is 1. The predicted octanol–water partition coefficient (Wildman–Crippen LogP) is 5.67. The lowest BCUT2D eigenvalue weighted by atomic mass is 9.97. The molecule has 5 heteroatoms. The van der Waals surface area contributed by atoms with Crippen LogP contribution in [0.2, 0.25) is 5.02 Å². The molecule has 0 amide bonds. The topological polar surface area (TPSA) is 47.0 Å². The lowest BCUT2D eigenvalue weighted by Gasteiger charge is -2.14. The third-order valence-corrected chi connectivity index (χ3v) is 4.92. The number of aromatic nitrogens is 2. The fourth-order valence-corrected chi connectivity index (χ4v) is 3.63. The molecule has 4 nitrogen and oxygen atoms in total. The summed E-state index contributed by atoms with van der Waals surface area (Å²) in [6, 6.07) is 19.9. The van der Waals surface area contributed by atoms with Gasteiger partial charge in [-0.25, -0.2) is 4.98 Å². The van der Waals surface area contributed by atoms with Crippen LogP contribution in [0.1, 0.15) is 30.7 Å². The van der Waals surface area contributed by atoms with Gasteiger partial charge < -0.3 is 10.1 Å². The molecule has 1 aromatic heterocycles. The molecule has 2 atom stereocenters. The minimum atomic E-state index is 0.353. The van der Waals surface area contributed by atoms with Gasteiger partial charge in [-0.05, 0) is 55.0 Å². The van der Waals surface area contributed by atoms with Crippen molar-refractivity contribution in [2.24, 2.45) is 0 Å². The fourth-order valence-electron chi connectivity index (χ4n) is 3.44. The molecule has 26 heavy (non-hydrogen) atoms. The van der Waals surface area contributed by atoms with Gasteiger partial charge in [0.05, 0.1) is 0 Å². The van der Waals surface area contributed by atoms with Crippen LogP contribution in [0, 0.1) is 0 Å². The smallest absolute Gasteiger partial charge is 0.226 e. The van der Waals surface area contributed by atoms with Crippen molar-refractivity contribution in [3.8, 4) is 11.6 Å². The molecule has 0 aliphatic heterocycles. The number of para-hydroxylation sites is 1. The van der Waals surface area contributed by atoms with Gasteiger partial charge in [0.15, 0.2) is 0 Å². The van der Waals surface area contributed by atoms with E-state index in [0.717, 1.165) is 30.0 Å². The van der Waals surface area contributed by atoms with Gasteiger partial charge in [0.1, 0.15) is 5.75 Å². The molecule has 0 bridgehead atoms. The molecule has 2 aromatic carbocycles. The molecule has 1 fully saturated rings. The van der Waals surface area contributed by atoms with Crippen molar-refractivity contribution in [2.75, 3.05) is 5.32 Å². The van der Waals surface area contributed by atoms with Crippen LogP contribution in [-0.2, 0) is 0 Å². The highest BCUT2D eigenvalue weighted by Crippen LogP contribution is 2.36. The second-order valence-corrected chi connectivity index (χ2v) is 6.98. The SMILES string of the molecule is Clc1cccc(C2CCC(Nc3nccc(Oc4ccccc4)n3)C2)c1. The average Bonchev–Trinajstić information content (AvgIpc) is 3.11. The fraction of sp³-hybridized carbons (Fsp3) is 0.238. The van der Waals surface area contributed by atoms with Crippen LogP contribution in [0.3, 0.4) is 0 Å². The molecule has 1 saturated carbocycles. The summed E-state index contributed by atoms with van der Waals surface area (Å²) in [5.74, 6) is 2.43. The first kappa shape index (κ1) is 16.9. The third kappa shape index (κ3) is 4.14. The van der Waals surface area contributed by atoms with E-state index in [1.807, 2.05) is 42.5 Å². The first-order chi connectivity index (χ1) is 12.8. The maximum atomic E-state index is 6.12. The van der Waals surface area contributed by atoms with E-state index >= 15 is 0 Å². The zero-order valence-electron chi connectivity index (χ0n) is 14.3. The van der Waals surface area contributed by atoms with Crippen LogP contribution in [0.15, 0.2) is 66.9 Å². The maximum absolute atomic E-state index is 6.12. The normalized spacial score (nSPS) is 19.3. The standard InChI is InChI=1S/C21H20ClN3O/c22-17-6-4-5-15(13-17)16-9-10-18(14-16)24-21-23-12-11-20(25-21)26-19-7-2-1-3-8-19/h1-8,11-13,16,18H,9-10,14H2,(H,23,24,25). The van der Waals surface area contributed by atoms with Crippen LogP contribution in [0.5, 0.6) is 11.6 Å². The molecule has 1 N–H and O–H groups in total. The number of rotatable bonds is 5. The van der Waals surface area contributed by atoms with Crippen molar-refractivity contribution >= 4 is 17.5 Å². The predicted molar refractivity (Wildman–Crippen MR) is 104 cm³/mol. The molecule has 132 valence electrons. The summed E-state index contributed by atoms with van der Waals surface area (Å²) in [4.78, 5) is 8.81. The average molecular weight is 366 g/mol. The van der Waals surface area contributed by atoms with Crippen molar-refractivity contribution in [2.45, 2.75) is 31.2 Å². The Bertz CT molecular complexity index is 872. The summed E-state index contributed by atoms with van der Waals surface area (Å²) < 4.78 is 5.78. The van der Waals surface area contributed by atoms with Crippen LogP contribution in [0.4, 0.5) is 5.95 Å². The highest BCUT2D eigenvalue weighted by Gasteiger charge is 2.26. The Labute approximate surface area is 158 Å². The molecule has 4 rings (SSSR count). The van der Waals surface area contributed by atoms with E-state index in [4.69, 9.17) is 16.3 Å². The Balaban J connectivity index is 1.39. The molecular weight excluding hydrogens is 346 g/mol. The number of anilines is 1. The largest absolute Gasteiger partial charge is 0.439 e. The summed E-state index contributed by atoms with van der Waals surface area (Å²) >= 11 is 6.12. The van der Waals surface area contributed by atoms with Gasteiger partial charge in [0.2, 0.25) is 11.8 Å². The Kier molecular flexibility index (Phi) is 5.02. The first-order valence-electron chi connectivity index (χ1n) is 8.84. The van der Waals surface area contributed by atoms with Crippen LogP contribution in [0.25, 0.3) is 0 Å². The van der Waals surface area contributed by atoms with Crippen molar-refractivity contribution in [1.82, 2.24) is 9.97 Å². The number of halogens is 1. The molecular formula is C21H20ClN3O. The van der Waals surface area contributed by atoms with E-state index in [9.17, 15) is 0 Å². The van der Waals surface area contributed by atoms with Crippen molar-refractivity contribution < 1.29 is 4.74 Å². The second-order valence-electron chi connectivity index (χ2n) is 6.54. The highest BCUT2D eigenvalue weighted by atomic mass is 35.5. The molecule has 1 aliphatic rings. The van der Waals surface area contributed by atoms with Crippen molar-refractivity contribution in [1.29, 1.82) is 0 Å². The molecule has 0 spiro atoms. The minimum Gasteiger partial charge on any atom is -0.439 e. The van der Waals surface area contributed by atoms with Crippen LogP contribution < -0.4 is 10.1 Å². The van der Waals surface area contributed by atoms with Gasteiger partial charge in [-0.15, -0.1) is 0 Å². The number of hydrogen-bond acceptors (Lipinski definition) is 4. The van der Waals surface area contributed by atoms with Gasteiger partial charge in [-0.1, -0.05) is 41.9 Å². The van der Waals surface area contributed by atoms with Crippen molar-refractivity contribution in [3.63, 3.8) is 0 Å². The van der Waals surface area contributed by atoms with Gasteiger partial charge in [-0.3, -0.25) is 0 Å². The summed E-state index contributed by atoms with van der Waals surface area (Å²) in [6.07, 6.45) is 4.99. The van der Waals surface area contributed by atoms with Gasteiger partial charge in [0, 0.05) is 23.3 Å². The van der Waals surface area contributed by atoms with E-state index in [-0.39, 0.29) is 0 Å². The molecule has 1 aliphatic carbocycles. The summed E-state index contributed by atoms with van der Waals surface area (Å²) in [5.41, 5.74) is 1.31. The van der Waals surface area contributed by atoms with Gasteiger partial charge in [-0.2, -0.15) is 4.98 Å². The molecule has 3 aromatic rings. The lowest BCUT2D eigenvalue weighted by Crippen LogP contribution is -2.17. The second kappa shape index (κ2) is 7.75. The lowest BCUT2D eigenvalue weighted by molar-refractivity contribution is 0.462. The summed E-state index contributed by atoms with van der Waals surface area (Å²) in [5, 5.41) is 4.25. The van der Waals surface area contributed by atoms with Crippen LogP contribution >= 0.6 is 11.6 Å². The molecule has 2 unspecified atom stereocenters. The quantitative estimate of drug-likeness (QED) is 0.632. The highest BCUT2D eigenvalue weighted by molar-refractivity contribution is 6.30. The third-order valence-electron chi connectivity index (χ3n) is 4.68. The number of ether oxygens (including phenoxy) is 1. The van der Waals surface area contributed by atoms with Gasteiger partial charge >= 0.3 is 0 Å². The molecule has 0 radical (unpaired) electrons. The van der Waals surface area contributed by atoms with E-state index in [1.165, 1.54) is 5.56 Å². The monoisotopic (exact) mass is 365 g/mol. The molecule has 0 saturated heterocycles. The minimum absolute atomic E-state index is 0.353. The number of nitrogens with one attached hydrogen (secondary N) is 1. The number of nitrogens with zero attached hydrogens (tertiary/aromatic N) is 2. The molecule has 1 heterocycles. The zero-order chi connectivity index (χ0) is 17.8. The maximum Gasteiger partial charge on any atom is 0.226 e. The Hall–Kier alpha value is -2.59. The summed E-state index contributed by atoms with van der Waals surface area (Å²) in [7, 11) is 0.